The van der Waals surface area contributed by atoms with Gasteiger partial charge in [0.25, 0.3) is 0 Å². The number of aryl methyl sites for hydroxylation is 2. The van der Waals surface area contributed by atoms with Crippen molar-refractivity contribution in [1.82, 2.24) is 9.13 Å². The first-order chi connectivity index (χ1) is 9.91. The van der Waals surface area contributed by atoms with Gasteiger partial charge in [0.1, 0.15) is 0 Å². The summed E-state index contributed by atoms with van der Waals surface area (Å²) >= 11 is 0. The van der Waals surface area contributed by atoms with Gasteiger partial charge in [0.2, 0.25) is 0 Å². The van der Waals surface area contributed by atoms with Crippen LogP contribution >= 0.6 is 0 Å². The molecule has 1 atom stereocenters. The molecule has 114 valence electrons. The monoisotopic (exact) mass is 292 g/mol. The molecule has 0 aliphatic heterocycles. The Balaban J connectivity index is 2.13. The van der Waals surface area contributed by atoms with Crippen LogP contribution in [0.15, 0.2) is 23.0 Å². The standard InChI is InChI=1S/C15H20N2O4/c1-16-11-8-7-10(9-12(11)17(2)15(16)21)13(18)5-3-4-6-14(19)20/h7-9,13,18H,3-6H2,1-2H3,(H,19,20). The van der Waals surface area contributed by atoms with Gasteiger partial charge in [0.15, 0.2) is 0 Å². The van der Waals surface area contributed by atoms with Crippen molar-refractivity contribution in [3.8, 4) is 0 Å². The van der Waals surface area contributed by atoms with Crippen molar-refractivity contribution >= 4 is 17.0 Å². The Morgan fingerprint density at radius 3 is 2.52 bits per heavy atom. The molecule has 0 saturated heterocycles. The molecule has 0 bridgehead atoms. The second-order valence-electron chi connectivity index (χ2n) is 5.30. The third kappa shape index (κ3) is 3.16. The number of fused-ring (bicyclic) bond motifs is 1. The zero-order chi connectivity index (χ0) is 15.6. The molecule has 0 saturated carbocycles. The summed E-state index contributed by atoms with van der Waals surface area (Å²) in [6.45, 7) is 0. The van der Waals surface area contributed by atoms with Gasteiger partial charge in [-0.2, -0.15) is 0 Å². The smallest absolute Gasteiger partial charge is 0.328 e. The second kappa shape index (κ2) is 6.13. The summed E-state index contributed by atoms with van der Waals surface area (Å²) in [5.74, 6) is -0.815. The molecule has 1 heterocycles. The number of rotatable bonds is 6. The summed E-state index contributed by atoms with van der Waals surface area (Å²) in [7, 11) is 3.42. The van der Waals surface area contributed by atoms with Crippen molar-refractivity contribution in [2.75, 3.05) is 0 Å². The Morgan fingerprint density at radius 2 is 1.86 bits per heavy atom. The highest BCUT2D eigenvalue weighted by Gasteiger charge is 2.12. The van der Waals surface area contributed by atoms with Crippen molar-refractivity contribution in [3.63, 3.8) is 0 Å². The van der Waals surface area contributed by atoms with Crippen LogP contribution in [0, 0.1) is 0 Å². The molecule has 0 fully saturated rings. The summed E-state index contributed by atoms with van der Waals surface area (Å²) in [5, 5.41) is 18.7. The van der Waals surface area contributed by atoms with Crippen LogP contribution in [-0.4, -0.2) is 25.3 Å². The van der Waals surface area contributed by atoms with Gasteiger partial charge in [-0.1, -0.05) is 6.07 Å². The van der Waals surface area contributed by atoms with Crippen LogP contribution in [0.3, 0.4) is 0 Å². The van der Waals surface area contributed by atoms with E-state index in [1.54, 1.807) is 23.2 Å². The quantitative estimate of drug-likeness (QED) is 0.791. The number of nitrogens with zero attached hydrogens (tertiary/aromatic N) is 2. The average molecular weight is 292 g/mol. The topological polar surface area (TPSA) is 84.5 Å². The third-order valence-corrected chi connectivity index (χ3v) is 3.80. The first-order valence-electron chi connectivity index (χ1n) is 6.97. The van der Waals surface area contributed by atoms with Crippen molar-refractivity contribution in [2.24, 2.45) is 14.1 Å². The van der Waals surface area contributed by atoms with Gasteiger partial charge in [-0.3, -0.25) is 13.9 Å². The van der Waals surface area contributed by atoms with E-state index in [-0.39, 0.29) is 12.1 Å². The molecule has 6 heteroatoms. The number of unbranched alkanes of at least 4 members (excludes halogenated alkanes) is 1. The molecule has 6 nitrogen and oxygen atoms in total. The number of aromatic nitrogens is 2. The lowest BCUT2D eigenvalue weighted by Gasteiger charge is -2.11. The maximum Gasteiger partial charge on any atom is 0.328 e. The van der Waals surface area contributed by atoms with E-state index in [0.29, 0.717) is 19.3 Å². The highest BCUT2D eigenvalue weighted by Crippen LogP contribution is 2.23. The minimum atomic E-state index is -0.815. The van der Waals surface area contributed by atoms with E-state index in [9.17, 15) is 14.7 Å². The molecule has 1 aromatic heterocycles. The summed E-state index contributed by atoms with van der Waals surface area (Å²) in [4.78, 5) is 22.3. The summed E-state index contributed by atoms with van der Waals surface area (Å²) in [5.41, 5.74) is 2.26. The first kappa shape index (κ1) is 15.3. The Hall–Kier alpha value is -2.08. The van der Waals surface area contributed by atoms with Crippen LogP contribution in [0.4, 0.5) is 0 Å². The van der Waals surface area contributed by atoms with Gasteiger partial charge in [-0.05, 0) is 37.0 Å². The molecule has 0 radical (unpaired) electrons. The summed E-state index contributed by atoms with van der Waals surface area (Å²) in [6.07, 6.45) is 1.20. The zero-order valence-electron chi connectivity index (χ0n) is 12.2. The van der Waals surface area contributed by atoms with Gasteiger partial charge >= 0.3 is 11.7 Å². The van der Waals surface area contributed by atoms with Gasteiger partial charge in [-0.15, -0.1) is 0 Å². The molecule has 21 heavy (non-hydrogen) atoms. The Labute approximate surface area is 122 Å². The SMILES string of the molecule is Cn1c(=O)n(C)c2cc(C(O)CCCCC(=O)O)ccc21. The fourth-order valence-electron chi connectivity index (χ4n) is 2.51. The average Bonchev–Trinajstić information content (AvgIpc) is 2.68. The van der Waals surface area contributed by atoms with Gasteiger partial charge < -0.3 is 10.2 Å². The van der Waals surface area contributed by atoms with Crippen LogP contribution in [0.1, 0.15) is 37.4 Å². The number of carboxylic acids is 1. The highest BCUT2D eigenvalue weighted by atomic mass is 16.4. The summed E-state index contributed by atoms with van der Waals surface area (Å²) in [6, 6.07) is 5.45. The lowest BCUT2D eigenvalue weighted by molar-refractivity contribution is -0.137. The van der Waals surface area contributed by atoms with E-state index in [1.165, 1.54) is 0 Å². The number of imidazole rings is 1. The highest BCUT2D eigenvalue weighted by molar-refractivity contribution is 5.76. The zero-order valence-corrected chi connectivity index (χ0v) is 12.2. The van der Waals surface area contributed by atoms with Crippen molar-refractivity contribution in [3.05, 3.63) is 34.2 Å². The molecule has 2 N–H and O–H groups in total. The number of carboxylic acid groups (broad SMARTS) is 1. The van der Waals surface area contributed by atoms with E-state index in [0.717, 1.165) is 16.6 Å². The number of hydrogen-bond acceptors (Lipinski definition) is 3. The fourth-order valence-corrected chi connectivity index (χ4v) is 2.51. The van der Waals surface area contributed by atoms with Crippen molar-refractivity contribution in [1.29, 1.82) is 0 Å². The van der Waals surface area contributed by atoms with Crippen LogP contribution in [0.25, 0.3) is 11.0 Å². The molecule has 2 rings (SSSR count). The predicted octanol–water partition coefficient (Wildman–Crippen LogP) is 1.56. The maximum atomic E-state index is 11.9. The fraction of sp³-hybridized carbons (Fsp3) is 0.467. The Bertz CT molecular complexity index is 714. The van der Waals surface area contributed by atoms with Crippen LogP contribution < -0.4 is 5.69 Å². The largest absolute Gasteiger partial charge is 0.481 e. The van der Waals surface area contributed by atoms with Crippen LogP contribution in [-0.2, 0) is 18.9 Å². The van der Waals surface area contributed by atoms with E-state index in [1.807, 2.05) is 18.2 Å². The van der Waals surface area contributed by atoms with E-state index < -0.39 is 12.1 Å². The number of aliphatic hydroxyl groups is 1. The molecule has 0 aliphatic carbocycles. The van der Waals surface area contributed by atoms with E-state index >= 15 is 0 Å². The summed E-state index contributed by atoms with van der Waals surface area (Å²) < 4.78 is 3.12. The maximum absolute atomic E-state index is 11.9. The number of aliphatic carboxylic acids is 1. The third-order valence-electron chi connectivity index (χ3n) is 3.80. The number of aliphatic hydroxyl groups excluding tert-OH is 1. The van der Waals surface area contributed by atoms with E-state index in [2.05, 4.69) is 0 Å². The number of benzene rings is 1. The lowest BCUT2D eigenvalue weighted by atomic mass is 10.0. The number of hydrogen-bond donors (Lipinski definition) is 2. The van der Waals surface area contributed by atoms with Crippen LogP contribution in [0.5, 0.6) is 0 Å². The molecule has 1 unspecified atom stereocenters. The second-order valence-corrected chi connectivity index (χ2v) is 5.30. The molecule has 1 aromatic carbocycles. The van der Waals surface area contributed by atoms with Crippen molar-refractivity contribution in [2.45, 2.75) is 31.8 Å². The van der Waals surface area contributed by atoms with E-state index in [4.69, 9.17) is 5.11 Å². The van der Waals surface area contributed by atoms with Gasteiger partial charge in [-0.25, -0.2) is 4.79 Å². The molecule has 0 spiro atoms. The minimum Gasteiger partial charge on any atom is -0.481 e. The predicted molar refractivity (Wildman–Crippen MR) is 79.2 cm³/mol. The van der Waals surface area contributed by atoms with Crippen LogP contribution in [0.2, 0.25) is 0 Å². The first-order valence-corrected chi connectivity index (χ1v) is 6.97. The normalized spacial score (nSPS) is 12.7. The molecule has 0 amide bonds. The minimum absolute atomic E-state index is 0.0990. The molecule has 0 aliphatic rings. The lowest BCUT2D eigenvalue weighted by Crippen LogP contribution is -2.19. The Morgan fingerprint density at radius 1 is 1.19 bits per heavy atom. The molecular weight excluding hydrogens is 272 g/mol. The van der Waals surface area contributed by atoms with Crippen molar-refractivity contribution < 1.29 is 15.0 Å². The molecular formula is C15H20N2O4. The molecule has 2 aromatic rings. The Kier molecular flexibility index (Phi) is 4.47. The van der Waals surface area contributed by atoms with Gasteiger partial charge in [0.05, 0.1) is 17.1 Å². The van der Waals surface area contributed by atoms with Gasteiger partial charge in [0, 0.05) is 20.5 Å². The number of carbonyl (C=O) groups is 1.